The fraction of sp³-hybridized carbons (Fsp3) is 0.353. The molecule has 0 spiro atoms. The van der Waals surface area contributed by atoms with E-state index in [9.17, 15) is 14.0 Å². The first kappa shape index (κ1) is 18.1. The van der Waals surface area contributed by atoms with Crippen molar-refractivity contribution in [2.24, 2.45) is 0 Å². The highest BCUT2D eigenvalue weighted by Crippen LogP contribution is 2.28. The Labute approximate surface area is 143 Å². The maximum absolute atomic E-state index is 14.0. The van der Waals surface area contributed by atoms with E-state index < -0.39 is 23.2 Å². The van der Waals surface area contributed by atoms with E-state index in [1.165, 1.54) is 6.07 Å². The van der Waals surface area contributed by atoms with Gasteiger partial charge in [0.25, 0.3) is 0 Å². The number of carbonyl (C=O) groups excluding carboxylic acids is 1. The Morgan fingerprint density at radius 3 is 2.50 bits per heavy atom. The highest BCUT2D eigenvalue weighted by Gasteiger charge is 2.33. The standard InChI is InChI=1S/C17H19FN2O3S/c1-9-13(15(21)22)24-14(19-9)10(2)20-16(23)17(3,4)11-7-5-6-8-12(11)18/h5-8,10H,1-4H3,(H,20,23)(H,21,22). The van der Waals surface area contributed by atoms with Crippen molar-refractivity contribution in [3.05, 3.63) is 51.2 Å². The summed E-state index contributed by atoms with van der Waals surface area (Å²) < 4.78 is 14.0. The molecule has 7 heteroatoms. The second kappa shape index (κ2) is 6.68. The van der Waals surface area contributed by atoms with Crippen LogP contribution in [0.1, 0.15) is 52.7 Å². The van der Waals surface area contributed by atoms with Gasteiger partial charge in [0.15, 0.2) is 0 Å². The van der Waals surface area contributed by atoms with Crippen LogP contribution in [0.5, 0.6) is 0 Å². The van der Waals surface area contributed by atoms with Gasteiger partial charge in [0, 0.05) is 5.56 Å². The van der Waals surface area contributed by atoms with Gasteiger partial charge in [-0.15, -0.1) is 11.3 Å². The third-order valence-electron chi connectivity index (χ3n) is 3.84. The molecule has 0 aliphatic rings. The van der Waals surface area contributed by atoms with Gasteiger partial charge in [-0.1, -0.05) is 18.2 Å². The van der Waals surface area contributed by atoms with Crippen LogP contribution in [0.4, 0.5) is 4.39 Å². The molecule has 2 N–H and O–H groups in total. The Morgan fingerprint density at radius 2 is 1.96 bits per heavy atom. The van der Waals surface area contributed by atoms with E-state index in [4.69, 9.17) is 5.11 Å². The molecule has 0 aliphatic carbocycles. The normalized spacial score (nSPS) is 12.7. The number of hydrogen-bond donors (Lipinski definition) is 2. The number of amides is 1. The van der Waals surface area contributed by atoms with Crippen LogP contribution in [0.2, 0.25) is 0 Å². The van der Waals surface area contributed by atoms with Crippen LogP contribution < -0.4 is 5.32 Å². The molecule has 0 fully saturated rings. The monoisotopic (exact) mass is 350 g/mol. The number of halogens is 1. The lowest BCUT2D eigenvalue weighted by molar-refractivity contribution is -0.126. The molecule has 1 atom stereocenters. The molecule has 1 amide bonds. The van der Waals surface area contributed by atoms with Gasteiger partial charge in [0.1, 0.15) is 15.7 Å². The summed E-state index contributed by atoms with van der Waals surface area (Å²) in [5.74, 6) is -1.84. The molecule has 1 aromatic heterocycles. The largest absolute Gasteiger partial charge is 0.477 e. The average molecular weight is 350 g/mol. The van der Waals surface area contributed by atoms with Crippen molar-refractivity contribution in [3.8, 4) is 0 Å². The average Bonchev–Trinajstić information content (AvgIpc) is 2.89. The van der Waals surface area contributed by atoms with Crippen LogP contribution in [0, 0.1) is 12.7 Å². The Morgan fingerprint density at radius 1 is 1.33 bits per heavy atom. The Hall–Kier alpha value is -2.28. The molecule has 0 aliphatic heterocycles. The van der Waals surface area contributed by atoms with Gasteiger partial charge in [0.2, 0.25) is 5.91 Å². The Kier molecular flexibility index (Phi) is 5.03. The predicted molar refractivity (Wildman–Crippen MR) is 89.8 cm³/mol. The number of nitrogens with zero attached hydrogens (tertiary/aromatic N) is 1. The zero-order valence-electron chi connectivity index (χ0n) is 13.9. The number of carboxylic acids is 1. The highest BCUT2D eigenvalue weighted by atomic mass is 32.1. The van der Waals surface area contributed by atoms with E-state index in [0.29, 0.717) is 16.3 Å². The zero-order valence-corrected chi connectivity index (χ0v) is 14.7. The van der Waals surface area contributed by atoms with E-state index in [0.717, 1.165) is 11.3 Å². The van der Waals surface area contributed by atoms with Gasteiger partial charge < -0.3 is 10.4 Å². The third kappa shape index (κ3) is 3.46. The number of rotatable bonds is 5. The number of aromatic carboxylic acids is 1. The fourth-order valence-corrected chi connectivity index (χ4v) is 3.24. The van der Waals surface area contributed by atoms with Gasteiger partial charge in [0.05, 0.1) is 17.2 Å². The lowest BCUT2D eigenvalue weighted by atomic mass is 9.83. The van der Waals surface area contributed by atoms with Gasteiger partial charge >= 0.3 is 5.97 Å². The molecular weight excluding hydrogens is 331 g/mol. The van der Waals surface area contributed by atoms with Gasteiger partial charge in [-0.3, -0.25) is 4.79 Å². The molecule has 1 heterocycles. The minimum atomic E-state index is -1.07. The van der Waals surface area contributed by atoms with Crippen molar-refractivity contribution in [1.82, 2.24) is 10.3 Å². The number of benzene rings is 1. The third-order valence-corrected chi connectivity index (χ3v) is 5.17. The summed E-state index contributed by atoms with van der Waals surface area (Å²) in [6.07, 6.45) is 0. The van der Waals surface area contributed by atoms with Crippen LogP contribution in [0.25, 0.3) is 0 Å². The van der Waals surface area contributed by atoms with Gasteiger partial charge in [-0.25, -0.2) is 14.2 Å². The summed E-state index contributed by atoms with van der Waals surface area (Å²) in [5, 5.41) is 12.4. The minimum absolute atomic E-state index is 0.152. The summed E-state index contributed by atoms with van der Waals surface area (Å²) in [4.78, 5) is 28.1. The molecule has 24 heavy (non-hydrogen) atoms. The smallest absolute Gasteiger partial charge is 0.347 e. The number of aryl methyl sites for hydroxylation is 1. The molecule has 2 rings (SSSR count). The number of carboxylic acid groups (broad SMARTS) is 1. The highest BCUT2D eigenvalue weighted by molar-refractivity contribution is 7.13. The predicted octanol–water partition coefficient (Wildman–Crippen LogP) is 3.44. The molecule has 0 bridgehead atoms. The molecule has 0 saturated heterocycles. The first-order valence-corrected chi connectivity index (χ1v) is 8.22. The van der Waals surface area contributed by atoms with Crippen molar-refractivity contribution < 1.29 is 19.1 Å². The van der Waals surface area contributed by atoms with Crippen molar-refractivity contribution >= 4 is 23.2 Å². The van der Waals surface area contributed by atoms with Gasteiger partial charge in [-0.2, -0.15) is 0 Å². The molecule has 5 nitrogen and oxygen atoms in total. The number of hydrogen-bond acceptors (Lipinski definition) is 4. The summed E-state index contributed by atoms with van der Waals surface area (Å²) in [6, 6.07) is 5.68. The van der Waals surface area contributed by atoms with E-state index in [1.807, 2.05) is 0 Å². The summed E-state index contributed by atoms with van der Waals surface area (Å²) in [7, 11) is 0. The van der Waals surface area contributed by atoms with Crippen molar-refractivity contribution in [2.75, 3.05) is 0 Å². The van der Waals surface area contributed by atoms with E-state index in [1.54, 1.807) is 45.9 Å². The molecule has 0 radical (unpaired) electrons. The maximum Gasteiger partial charge on any atom is 0.347 e. The van der Waals surface area contributed by atoms with Crippen LogP contribution in [0.15, 0.2) is 24.3 Å². The lowest BCUT2D eigenvalue weighted by Crippen LogP contribution is -2.41. The molecule has 2 aromatic rings. The van der Waals surface area contributed by atoms with E-state index in [-0.39, 0.29) is 10.8 Å². The first-order chi connectivity index (χ1) is 11.1. The number of thiazole rings is 1. The van der Waals surface area contributed by atoms with Crippen molar-refractivity contribution in [1.29, 1.82) is 0 Å². The van der Waals surface area contributed by atoms with E-state index in [2.05, 4.69) is 10.3 Å². The number of nitrogens with one attached hydrogen (secondary N) is 1. The first-order valence-electron chi connectivity index (χ1n) is 7.41. The Balaban J connectivity index is 2.21. The molecule has 0 saturated carbocycles. The molecular formula is C17H19FN2O3S. The van der Waals surface area contributed by atoms with Crippen molar-refractivity contribution in [3.63, 3.8) is 0 Å². The van der Waals surface area contributed by atoms with Crippen LogP contribution in [0.3, 0.4) is 0 Å². The van der Waals surface area contributed by atoms with Crippen LogP contribution in [-0.2, 0) is 10.2 Å². The molecule has 128 valence electrons. The molecule has 1 aromatic carbocycles. The fourth-order valence-electron chi connectivity index (χ4n) is 2.33. The number of aromatic nitrogens is 1. The summed E-state index contributed by atoms with van der Waals surface area (Å²) in [6.45, 7) is 6.62. The second-order valence-electron chi connectivity index (χ2n) is 6.07. The van der Waals surface area contributed by atoms with Gasteiger partial charge in [-0.05, 0) is 33.8 Å². The molecule has 1 unspecified atom stereocenters. The SMILES string of the molecule is Cc1nc(C(C)NC(=O)C(C)(C)c2ccccc2F)sc1C(=O)O. The van der Waals surface area contributed by atoms with Crippen LogP contribution >= 0.6 is 11.3 Å². The number of carbonyl (C=O) groups is 2. The zero-order chi connectivity index (χ0) is 18.1. The van der Waals surface area contributed by atoms with Crippen molar-refractivity contribution in [2.45, 2.75) is 39.2 Å². The quantitative estimate of drug-likeness (QED) is 0.866. The maximum atomic E-state index is 14.0. The summed E-state index contributed by atoms with van der Waals surface area (Å²) >= 11 is 1.03. The lowest BCUT2D eigenvalue weighted by Gasteiger charge is -2.26. The topological polar surface area (TPSA) is 79.3 Å². The van der Waals surface area contributed by atoms with E-state index >= 15 is 0 Å². The van der Waals surface area contributed by atoms with Crippen LogP contribution in [-0.4, -0.2) is 22.0 Å². The summed E-state index contributed by atoms with van der Waals surface area (Å²) in [5.41, 5.74) is -0.352. The minimum Gasteiger partial charge on any atom is -0.477 e. The Bertz CT molecular complexity index is 786. The second-order valence-corrected chi connectivity index (χ2v) is 7.10.